The molecule has 1 rings (SSSR count). The number of rotatable bonds is 5. The molecular weight excluding hydrogens is 241 g/mol. The summed E-state index contributed by atoms with van der Waals surface area (Å²) in [7, 11) is 0. The minimum atomic E-state index is -4.38. The summed E-state index contributed by atoms with van der Waals surface area (Å²) in [5.41, 5.74) is -0.0712. The standard InChI is InChI=1S/C9H11F3N2O3/c1-6-13-4-7(8(15)16)14(6)2-3-17-5-9(10,11)12/h4H,2-3,5H2,1H3,(H,15,16). The fraction of sp³-hybridized carbons (Fsp3) is 0.556. The first-order chi connectivity index (χ1) is 7.81. The highest BCUT2D eigenvalue weighted by Gasteiger charge is 2.27. The van der Waals surface area contributed by atoms with Crippen molar-refractivity contribution in [3.05, 3.63) is 17.7 Å². The van der Waals surface area contributed by atoms with Gasteiger partial charge in [-0.25, -0.2) is 9.78 Å². The quantitative estimate of drug-likeness (QED) is 0.806. The van der Waals surface area contributed by atoms with Gasteiger partial charge in [0.25, 0.3) is 0 Å². The molecule has 1 N–H and O–H groups in total. The molecule has 0 aliphatic carbocycles. The zero-order chi connectivity index (χ0) is 13.1. The van der Waals surface area contributed by atoms with E-state index < -0.39 is 18.8 Å². The molecule has 8 heteroatoms. The van der Waals surface area contributed by atoms with E-state index in [1.54, 1.807) is 6.92 Å². The number of imidazole rings is 1. The van der Waals surface area contributed by atoms with Gasteiger partial charge in [-0.1, -0.05) is 0 Å². The number of aromatic nitrogens is 2. The molecule has 0 radical (unpaired) electrons. The molecule has 96 valence electrons. The number of carboxylic acid groups (broad SMARTS) is 1. The fourth-order valence-electron chi connectivity index (χ4n) is 1.26. The first kappa shape index (κ1) is 13.5. The first-order valence-electron chi connectivity index (χ1n) is 4.71. The van der Waals surface area contributed by atoms with E-state index in [1.807, 2.05) is 0 Å². The molecule has 0 fully saturated rings. The van der Waals surface area contributed by atoms with E-state index in [0.717, 1.165) is 6.20 Å². The second-order valence-electron chi connectivity index (χ2n) is 3.32. The lowest BCUT2D eigenvalue weighted by Crippen LogP contribution is -2.20. The van der Waals surface area contributed by atoms with Gasteiger partial charge in [-0.2, -0.15) is 13.2 Å². The number of carboxylic acids is 1. The van der Waals surface area contributed by atoms with E-state index in [2.05, 4.69) is 9.72 Å². The van der Waals surface area contributed by atoms with Crippen LogP contribution in [-0.2, 0) is 11.3 Å². The van der Waals surface area contributed by atoms with Gasteiger partial charge in [-0.05, 0) is 6.92 Å². The number of aromatic carboxylic acids is 1. The van der Waals surface area contributed by atoms with Crippen molar-refractivity contribution in [1.29, 1.82) is 0 Å². The average molecular weight is 252 g/mol. The summed E-state index contributed by atoms with van der Waals surface area (Å²) in [6.07, 6.45) is -3.22. The summed E-state index contributed by atoms with van der Waals surface area (Å²) < 4.78 is 41.0. The Morgan fingerprint density at radius 1 is 1.59 bits per heavy atom. The van der Waals surface area contributed by atoms with Crippen molar-refractivity contribution in [3.63, 3.8) is 0 Å². The molecule has 0 aromatic carbocycles. The minimum Gasteiger partial charge on any atom is -0.477 e. The molecule has 1 heterocycles. The third-order valence-corrected chi connectivity index (χ3v) is 2.00. The van der Waals surface area contributed by atoms with Crippen LogP contribution < -0.4 is 0 Å². The smallest absolute Gasteiger partial charge is 0.411 e. The average Bonchev–Trinajstić information content (AvgIpc) is 2.53. The maximum absolute atomic E-state index is 11.8. The molecule has 0 aliphatic rings. The van der Waals surface area contributed by atoms with Gasteiger partial charge in [0.2, 0.25) is 0 Å². The fourth-order valence-corrected chi connectivity index (χ4v) is 1.26. The minimum absolute atomic E-state index is 0.0174. The highest BCUT2D eigenvalue weighted by atomic mass is 19.4. The summed E-state index contributed by atoms with van der Waals surface area (Å²) in [6.45, 7) is 0.0138. The molecule has 0 unspecified atom stereocenters. The largest absolute Gasteiger partial charge is 0.477 e. The number of hydrogen-bond donors (Lipinski definition) is 1. The molecule has 0 atom stereocenters. The zero-order valence-corrected chi connectivity index (χ0v) is 8.99. The van der Waals surface area contributed by atoms with Gasteiger partial charge in [0.15, 0.2) is 0 Å². The highest BCUT2D eigenvalue weighted by molar-refractivity contribution is 5.85. The molecule has 1 aromatic rings. The molecular formula is C9H11F3N2O3. The highest BCUT2D eigenvalue weighted by Crippen LogP contribution is 2.14. The normalized spacial score (nSPS) is 11.8. The van der Waals surface area contributed by atoms with Gasteiger partial charge in [0.05, 0.1) is 12.8 Å². The van der Waals surface area contributed by atoms with Crippen molar-refractivity contribution in [2.24, 2.45) is 0 Å². The number of hydrogen-bond acceptors (Lipinski definition) is 3. The topological polar surface area (TPSA) is 64.3 Å². The van der Waals surface area contributed by atoms with Crippen LogP contribution in [0.2, 0.25) is 0 Å². The molecule has 0 spiro atoms. The SMILES string of the molecule is Cc1ncc(C(=O)O)n1CCOCC(F)(F)F. The van der Waals surface area contributed by atoms with Crippen LogP contribution in [0.1, 0.15) is 16.3 Å². The molecule has 0 saturated heterocycles. The van der Waals surface area contributed by atoms with Crippen molar-refractivity contribution in [2.45, 2.75) is 19.6 Å². The lowest BCUT2D eigenvalue weighted by Gasteiger charge is -2.10. The van der Waals surface area contributed by atoms with Crippen LogP contribution in [0.3, 0.4) is 0 Å². The summed E-state index contributed by atoms with van der Waals surface area (Å²) >= 11 is 0. The van der Waals surface area contributed by atoms with E-state index in [9.17, 15) is 18.0 Å². The molecule has 0 saturated carbocycles. The molecule has 0 bridgehead atoms. The summed E-state index contributed by atoms with van der Waals surface area (Å²) in [5.74, 6) is -0.764. The predicted molar refractivity (Wildman–Crippen MR) is 50.8 cm³/mol. The van der Waals surface area contributed by atoms with E-state index in [4.69, 9.17) is 5.11 Å². The van der Waals surface area contributed by atoms with Crippen LogP contribution in [0.4, 0.5) is 13.2 Å². The molecule has 17 heavy (non-hydrogen) atoms. The molecule has 0 amide bonds. The van der Waals surface area contributed by atoms with Gasteiger partial charge in [-0.15, -0.1) is 0 Å². The van der Waals surface area contributed by atoms with Crippen LogP contribution in [0.15, 0.2) is 6.20 Å². The van der Waals surface area contributed by atoms with Crippen LogP contribution in [0, 0.1) is 6.92 Å². The van der Waals surface area contributed by atoms with Crippen molar-refractivity contribution in [2.75, 3.05) is 13.2 Å². The number of nitrogens with zero attached hydrogens (tertiary/aromatic N) is 2. The van der Waals surface area contributed by atoms with Crippen LogP contribution in [-0.4, -0.2) is 40.0 Å². The lowest BCUT2D eigenvalue weighted by molar-refractivity contribution is -0.174. The number of aryl methyl sites for hydroxylation is 1. The summed E-state index contributed by atoms with van der Waals surface area (Å²) in [5, 5.41) is 8.78. The Morgan fingerprint density at radius 2 is 2.24 bits per heavy atom. The van der Waals surface area contributed by atoms with Gasteiger partial charge < -0.3 is 14.4 Å². The van der Waals surface area contributed by atoms with Gasteiger partial charge >= 0.3 is 12.1 Å². The maximum atomic E-state index is 11.8. The lowest BCUT2D eigenvalue weighted by atomic mass is 10.4. The Morgan fingerprint density at radius 3 is 2.76 bits per heavy atom. The van der Waals surface area contributed by atoms with Crippen molar-refractivity contribution in [3.8, 4) is 0 Å². The Balaban J connectivity index is 2.52. The maximum Gasteiger partial charge on any atom is 0.411 e. The molecule has 0 aliphatic heterocycles. The Labute approximate surface area is 94.8 Å². The van der Waals surface area contributed by atoms with Crippen LogP contribution >= 0.6 is 0 Å². The van der Waals surface area contributed by atoms with Gasteiger partial charge in [0, 0.05) is 6.54 Å². The molecule has 5 nitrogen and oxygen atoms in total. The first-order valence-corrected chi connectivity index (χ1v) is 4.71. The third-order valence-electron chi connectivity index (χ3n) is 2.00. The second-order valence-corrected chi connectivity index (χ2v) is 3.32. The number of carbonyl (C=O) groups is 1. The Kier molecular flexibility index (Phi) is 4.11. The van der Waals surface area contributed by atoms with Gasteiger partial charge in [-0.3, -0.25) is 0 Å². The van der Waals surface area contributed by atoms with Crippen LogP contribution in [0.25, 0.3) is 0 Å². The van der Waals surface area contributed by atoms with E-state index in [0.29, 0.717) is 5.82 Å². The van der Waals surface area contributed by atoms with Crippen molar-refractivity contribution < 1.29 is 27.8 Å². The third kappa shape index (κ3) is 4.06. The van der Waals surface area contributed by atoms with Crippen LogP contribution in [0.5, 0.6) is 0 Å². The number of halogens is 3. The van der Waals surface area contributed by atoms with E-state index in [1.165, 1.54) is 4.57 Å². The van der Waals surface area contributed by atoms with E-state index >= 15 is 0 Å². The van der Waals surface area contributed by atoms with E-state index in [-0.39, 0.29) is 18.8 Å². The zero-order valence-electron chi connectivity index (χ0n) is 8.99. The predicted octanol–water partition coefficient (Wildman–Crippen LogP) is 1.47. The summed E-state index contributed by atoms with van der Waals surface area (Å²) in [4.78, 5) is 14.5. The molecule has 1 aromatic heterocycles. The Bertz CT molecular complexity index is 401. The monoisotopic (exact) mass is 252 g/mol. The number of alkyl halides is 3. The second kappa shape index (κ2) is 5.17. The number of ether oxygens (including phenoxy) is 1. The van der Waals surface area contributed by atoms with Crippen molar-refractivity contribution >= 4 is 5.97 Å². The van der Waals surface area contributed by atoms with Crippen molar-refractivity contribution in [1.82, 2.24) is 9.55 Å². The summed E-state index contributed by atoms with van der Waals surface area (Å²) in [6, 6.07) is 0. The van der Waals surface area contributed by atoms with Gasteiger partial charge in [0.1, 0.15) is 18.1 Å². The Hall–Kier alpha value is -1.57.